The van der Waals surface area contributed by atoms with Crippen molar-refractivity contribution in [3.63, 3.8) is 0 Å². The number of rotatable bonds is 2. The van der Waals surface area contributed by atoms with Gasteiger partial charge in [-0.1, -0.05) is 12.2 Å². The predicted molar refractivity (Wildman–Crippen MR) is 76.0 cm³/mol. The molecular formula is C13H17N3O2S. The smallest absolute Gasteiger partial charge is 0.272 e. The number of morpholine rings is 1. The minimum atomic E-state index is -0.0866. The van der Waals surface area contributed by atoms with Crippen LogP contribution in [0.5, 0.6) is 0 Å². The van der Waals surface area contributed by atoms with E-state index in [1.807, 2.05) is 13.8 Å². The third-order valence-electron chi connectivity index (χ3n) is 2.97. The highest BCUT2D eigenvalue weighted by molar-refractivity contribution is 7.80. The number of hydrogen-bond acceptors (Lipinski definition) is 4. The summed E-state index contributed by atoms with van der Waals surface area (Å²) in [5.41, 5.74) is 6.56. The minimum Gasteiger partial charge on any atom is -0.389 e. The summed E-state index contributed by atoms with van der Waals surface area (Å²) in [5.74, 6) is -0.0866. The van der Waals surface area contributed by atoms with Crippen molar-refractivity contribution in [2.45, 2.75) is 26.1 Å². The molecule has 2 atom stereocenters. The molecule has 1 aliphatic heterocycles. The molecule has 1 saturated heterocycles. The normalized spacial score (nSPS) is 23.2. The van der Waals surface area contributed by atoms with Crippen LogP contribution in [-0.2, 0) is 4.74 Å². The van der Waals surface area contributed by atoms with Crippen molar-refractivity contribution in [2.24, 2.45) is 5.73 Å². The highest BCUT2D eigenvalue weighted by Gasteiger charge is 2.27. The molecule has 0 aliphatic carbocycles. The molecule has 1 fully saturated rings. The molecular weight excluding hydrogens is 262 g/mol. The van der Waals surface area contributed by atoms with Crippen molar-refractivity contribution >= 4 is 23.1 Å². The molecule has 2 rings (SSSR count). The number of carbonyl (C=O) groups excluding carboxylic acids is 1. The molecule has 0 bridgehead atoms. The molecule has 0 spiro atoms. The predicted octanol–water partition coefficient (Wildman–Crippen LogP) is 0.965. The van der Waals surface area contributed by atoms with Gasteiger partial charge in [0.15, 0.2) is 0 Å². The van der Waals surface area contributed by atoms with Crippen LogP contribution in [0, 0.1) is 0 Å². The van der Waals surface area contributed by atoms with Crippen LogP contribution in [0.15, 0.2) is 18.3 Å². The fourth-order valence-electron chi connectivity index (χ4n) is 2.17. The van der Waals surface area contributed by atoms with E-state index in [1.165, 1.54) is 6.20 Å². The van der Waals surface area contributed by atoms with E-state index >= 15 is 0 Å². The molecule has 0 aromatic carbocycles. The molecule has 1 aromatic rings. The Bertz CT molecular complexity index is 479. The number of nitrogens with two attached hydrogens (primary N) is 1. The van der Waals surface area contributed by atoms with E-state index in [1.54, 1.807) is 17.0 Å². The summed E-state index contributed by atoms with van der Waals surface area (Å²) < 4.78 is 5.61. The summed E-state index contributed by atoms with van der Waals surface area (Å²) in [6, 6.07) is 3.37. The average Bonchev–Trinajstić information content (AvgIpc) is 2.37. The number of nitrogens with zero attached hydrogens (tertiary/aromatic N) is 2. The standard InChI is InChI=1S/C13H17N3O2S/c1-8-6-16(7-9(2)18-8)13(17)11-4-3-10(5-15-11)12(14)19/h3-5,8-9H,6-7H2,1-2H3,(H2,14,19). The van der Waals surface area contributed by atoms with Gasteiger partial charge < -0.3 is 15.4 Å². The summed E-state index contributed by atoms with van der Waals surface area (Å²) in [5, 5.41) is 0. The number of thiocarbonyl (C=S) groups is 1. The van der Waals surface area contributed by atoms with E-state index in [9.17, 15) is 4.79 Å². The van der Waals surface area contributed by atoms with Crippen LogP contribution in [0.1, 0.15) is 29.9 Å². The number of hydrogen-bond donors (Lipinski definition) is 1. The van der Waals surface area contributed by atoms with Crippen LogP contribution >= 0.6 is 12.2 Å². The number of carbonyl (C=O) groups is 1. The van der Waals surface area contributed by atoms with Crippen LogP contribution in [-0.4, -0.2) is 46.1 Å². The van der Waals surface area contributed by atoms with Crippen LogP contribution in [0.4, 0.5) is 0 Å². The molecule has 0 saturated carbocycles. The zero-order chi connectivity index (χ0) is 14.0. The van der Waals surface area contributed by atoms with Crippen molar-refractivity contribution in [1.82, 2.24) is 9.88 Å². The van der Waals surface area contributed by atoms with Gasteiger partial charge in [0.25, 0.3) is 5.91 Å². The highest BCUT2D eigenvalue weighted by atomic mass is 32.1. The molecule has 2 heterocycles. The van der Waals surface area contributed by atoms with Gasteiger partial charge in [0.1, 0.15) is 10.7 Å². The van der Waals surface area contributed by atoms with Gasteiger partial charge in [0, 0.05) is 24.8 Å². The van der Waals surface area contributed by atoms with E-state index in [4.69, 9.17) is 22.7 Å². The molecule has 1 amide bonds. The Hall–Kier alpha value is -1.53. The van der Waals surface area contributed by atoms with E-state index in [-0.39, 0.29) is 23.1 Å². The van der Waals surface area contributed by atoms with Crippen LogP contribution in [0.25, 0.3) is 0 Å². The second-order valence-electron chi connectivity index (χ2n) is 4.76. The maximum atomic E-state index is 12.3. The first-order valence-electron chi connectivity index (χ1n) is 6.18. The molecule has 5 nitrogen and oxygen atoms in total. The van der Waals surface area contributed by atoms with Crippen molar-refractivity contribution in [1.29, 1.82) is 0 Å². The van der Waals surface area contributed by atoms with Crippen molar-refractivity contribution < 1.29 is 9.53 Å². The minimum absolute atomic E-state index is 0.0450. The Morgan fingerprint density at radius 3 is 2.53 bits per heavy atom. The van der Waals surface area contributed by atoms with Gasteiger partial charge in [-0.3, -0.25) is 9.78 Å². The Morgan fingerprint density at radius 2 is 2.05 bits per heavy atom. The Morgan fingerprint density at radius 1 is 1.42 bits per heavy atom. The van der Waals surface area contributed by atoms with Crippen LogP contribution in [0.2, 0.25) is 0 Å². The summed E-state index contributed by atoms with van der Waals surface area (Å²) in [4.78, 5) is 18.5. The third-order valence-corrected chi connectivity index (χ3v) is 3.21. The quantitative estimate of drug-likeness (QED) is 0.817. The molecule has 6 heteroatoms. The number of ether oxygens (including phenoxy) is 1. The SMILES string of the molecule is CC1CN(C(=O)c2ccc(C(N)=S)cn2)CC(C)O1. The first-order valence-corrected chi connectivity index (χ1v) is 6.59. The van der Waals surface area contributed by atoms with Gasteiger partial charge in [-0.15, -0.1) is 0 Å². The zero-order valence-corrected chi connectivity index (χ0v) is 11.8. The Kier molecular flexibility index (Phi) is 4.11. The first-order chi connectivity index (χ1) is 8.97. The van der Waals surface area contributed by atoms with Gasteiger partial charge in [-0.05, 0) is 26.0 Å². The van der Waals surface area contributed by atoms with Crippen LogP contribution in [0.3, 0.4) is 0 Å². The largest absolute Gasteiger partial charge is 0.389 e. The molecule has 1 aromatic heterocycles. The molecule has 2 unspecified atom stereocenters. The lowest BCUT2D eigenvalue weighted by Crippen LogP contribution is -2.48. The van der Waals surface area contributed by atoms with Gasteiger partial charge in [0.05, 0.1) is 12.2 Å². The summed E-state index contributed by atoms with van der Waals surface area (Å²) in [6.45, 7) is 5.09. The lowest BCUT2D eigenvalue weighted by Gasteiger charge is -2.35. The number of aromatic nitrogens is 1. The highest BCUT2D eigenvalue weighted by Crippen LogP contribution is 2.13. The number of pyridine rings is 1. The zero-order valence-electron chi connectivity index (χ0n) is 11.0. The van der Waals surface area contributed by atoms with E-state index < -0.39 is 0 Å². The second kappa shape index (κ2) is 5.63. The van der Waals surface area contributed by atoms with Gasteiger partial charge >= 0.3 is 0 Å². The fraction of sp³-hybridized carbons (Fsp3) is 0.462. The third kappa shape index (κ3) is 3.27. The Labute approximate surface area is 117 Å². The molecule has 1 aliphatic rings. The van der Waals surface area contributed by atoms with E-state index in [2.05, 4.69) is 4.98 Å². The maximum Gasteiger partial charge on any atom is 0.272 e. The monoisotopic (exact) mass is 279 g/mol. The van der Waals surface area contributed by atoms with Crippen molar-refractivity contribution in [2.75, 3.05) is 13.1 Å². The van der Waals surface area contributed by atoms with Crippen molar-refractivity contribution in [3.8, 4) is 0 Å². The van der Waals surface area contributed by atoms with Crippen LogP contribution < -0.4 is 5.73 Å². The molecule has 102 valence electrons. The lowest BCUT2D eigenvalue weighted by molar-refractivity contribution is -0.0587. The summed E-state index contributed by atoms with van der Waals surface area (Å²) >= 11 is 4.85. The lowest BCUT2D eigenvalue weighted by atomic mass is 10.2. The molecule has 2 N–H and O–H groups in total. The van der Waals surface area contributed by atoms with Gasteiger partial charge in [-0.25, -0.2) is 0 Å². The van der Waals surface area contributed by atoms with E-state index in [0.717, 1.165) is 0 Å². The topological polar surface area (TPSA) is 68.5 Å². The summed E-state index contributed by atoms with van der Waals surface area (Å²) in [7, 11) is 0. The first kappa shape index (κ1) is 13.9. The van der Waals surface area contributed by atoms with Gasteiger partial charge in [0.2, 0.25) is 0 Å². The van der Waals surface area contributed by atoms with Gasteiger partial charge in [-0.2, -0.15) is 0 Å². The molecule has 19 heavy (non-hydrogen) atoms. The summed E-state index contributed by atoms with van der Waals surface area (Å²) in [6.07, 6.45) is 1.62. The average molecular weight is 279 g/mol. The second-order valence-corrected chi connectivity index (χ2v) is 5.20. The fourth-order valence-corrected chi connectivity index (χ4v) is 2.29. The maximum absolute atomic E-state index is 12.3. The Balaban J connectivity index is 2.12. The van der Waals surface area contributed by atoms with E-state index in [0.29, 0.717) is 24.3 Å². The molecule has 0 radical (unpaired) electrons. The number of amides is 1. The van der Waals surface area contributed by atoms with Crippen molar-refractivity contribution in [3.05, 3.63) is 29.6 Å².